The number of ether oxygens (including phenoxy) is 1. The van der Waals surface area contributed by atoms with Crippen LogP contribution in [0.25, 0.3) is 0 Å². The number of nitrogens with zero attached hydrogens (tertiary/aromatic N) is 2. The Hall–Kier alpha value is -1.00. The van der Waals surface area contributed by atoms with Crippen molar-refractivity contribution in [3.8, 4) is 0 Å². The molecule has 4 heteroatoms. The average Bonchev–Trinajstić information content (AvgIpc) is 2.31. The second kappa shape index (κ2) is 5.19. The summed E-state index contributed by atoms with van der Waals surface area (Å²) in [4.78, 5) is 7.88. The first kappa shape index (κ1) is 10.5. The number of aliphatic hydroxyl groups is 1. The number of aliphatic hydroxyl groups excluding tert-OH is 1. The monoisotopic (exact) mass is 208 g/mol. The molecule has 0 aromatic carbocycles. The number of hydrogen-bond acceptors (Lipinski definition) is 4. The predicted octanol–water partition coefficient (Wildman–Crippen LogP) is 1.33. The first-order valence-electron chi connectivity index (χ1n) is 5.38. The summed E-state index contributed by atoms with van der Waals surface area (Å²) in [6.45, 7) is 1.64. The van der Waals surface area contributed by atoms with Gasteiger partial charge < -0.3 is 9.84 Å². The molecule has 1 aliphatic heterocycles. The smallest absolute Gasteiger partial charge is 0.115 e. The van der Waals surface area contributed by atoms with Gasteiger partial charge in [-0.25, -0.2) is 9.97 Å². The van der Waals surface area contributed by atoms with E-state index in [1.165, 1.54) is 6.33 Å². The fourth-order valence-corrected chi connectivity index (χ4v) is 1.92. The summed E-state index contributed by atoms with van der Waals surface area (Å²) in [7, 11) is 0. The highest BCUT2D eigenvalue weighted by molar-refractivity contribution is 5.02. The molecular weight excluding hydrogens is 192 g/mol. The molecule has 1 aliphatic rings. The molecule has 1 aromatic heterocycles. The Balaban J connectivity index is 1.88. The summed E-state index contributed by atoms with van der Waals surface area (Å²) in [6, 6.07) is 1.77. The van der Waals surface area contributed by atoms with Gasteiger partial charge in [0.2, 0.25) is 0 Å². The lowest BCUT2D eigenvalue weighted by Gasteiger charge is -2.23. The lowest BCUT2D eigenvalue weighted by Crippen LogP contribution is -2.18. The van der Waals surface area contributed by atoms with Crippen LogP contribution < -0.4 is 0 Å². The van der Waals surface area contributed by atoms with Crippen LogP contribution in [0.1, 0.15) is 31.1 Å². The number of rotatable bonds is 3. The zero-order valence-electron chi connectivity index (χ0n) is 8.67. The van der Waals surface area contributed by atoms with Gasteiger partial charge in [0.1, 0.15) is 6.33 Å². The first-order chi connectivity index (χ1) is 7.36. The summed E-state index contributed by atoms with van der Waals surface area (Å²) in [5.41, 5.74) is 0.719. The standard InChI is InChI=1S/C11H16N2O2/c14-11(10-1-4-12-8-13-10)7-9-2-5-15-6-3-9/h1,4,8-9,11,14H,2-3,5-7H2. The normalized spacial score (nSPS) is 20.1. The van der Waals surface area contributed by atoms with Crippen molar-refractivity contribution < 1.29 is 9.84 Å². The van der Waals surface area contributed by atoms with Gasteiger partial charge in [-0.05, 0) is 31.2 Å². The lowest BCUT2D eigenvalue weighted by molar-refractivity contribution is 0.0426. The van der Waals surface area contributed by atoms with Crippen molar-refractivity contribution >= 4 is 0 Å². The van der Waals surface area contributed by atoms with Crippen LogP contribution in [-0.4, -0.2) is 28.3 Å². The maximum Gasteiger partial charge on any atom is 0.115 e. The van der Waals surface area contributed by atoms with Gasteiger partial charge >= 0.3 is 0 Å². The topological polar surface area (TPSA) is 55.2 Å². The van der Waals surface area contributed by atoms with Crippen LogP contribution in [-0.2, 0) is 4.74 Å². The van der Waals surface area contributed by atoms with Crippen molar-refractivity contribution in [3.63, 3.8) is 0 Å². The molecule has 0 amide bonds. The third kappa shape index (κ3) is 2.97. The zero-order chi connectivity index (χ0) is 10.5. The fourth-order valence-electron chi connectivity index (χ4n) is 1.92. The van der Waals surface area contributed by atoms with Gasteiger partial charge in [0.05, 0.1) is 11.8 Å². The summed E-state index contributed by atoms with van der Waals surface area (Å²) in [6.07, 6.45) is 5.54. The quantitative estimate of drug-likeness (QED) is 0.814. The Morgan fingerprint density at radius 3 is 2.93 bits per heavy atom. The minimum absolute atomic E-state index is 0.462. The molecule has 1 N–H and O–H groups in total. The molecule has 2 heterocycles. The van der Waals surface area contributed by atoms with Gasteiger partial charge in [0.25, 0.3) is 0 Å². The van der Waals surface area contributed by atoms with E-state index in [1.807, 2.05) is 0 Å². The van der Waals surface area contributed by atoms with Crippen LogP contribution in [0.5, 0.6) is 0 Å². The second-order valence-corrected chi connectivity index (χ2v) is 3.94. The molecule has 2 rings (SSSR count). The zero-order valence-corrected chi connectivity index (χ0v) is 8.67. The number of aromatic nitrogens is 2. The second-order valence-electron chi connectivity index (χ2n) is 3.94. The molecular formula is C11H16N2O2. The SMILES string of the molecule is OC(CC1CCOCC1)c1ccncn1. The molecule has 0 bridgehead atoms. The molecule has 1 unspecified atom stereocenters. The number of hydrogen-bond donors (Lipinski definition) is 1. The largest absolute Gasteiger partial charge is 0.387 e. The van der Waals surface area contributed by atoms with Crippen molar-refractivity contribution in [2.75, 3.05) is 13.2 Å². The van der Waals surface area contributed by atoms with E-state index in [9.17, 15) is 5.11 Å². The summed E-state index contributed by atoms with van der Waals surface area (Å²) >= 11 is 0. The Morgan fingerprint density at radius 2 is 2.27 bits per heavy atom. The Bertz CT molecular complexity index is 286. The van der Waals surface area contributed by atoms with Crippen molar-refractivity contribution in [2.45, 2.75) is 25.4 Å². The van der Waals surface area contributed by atoms with Gasteiger partial charge in [0, 0.05) is 19.4 Å². The van der Waals surface area contributed by atoms with E-state index in [0.29, 0.717) is 5.92 Å². The summed E-state index contributed by atoms with van der Waals surface area (Å²) in [5, 5.41) is 9.94. The van der Waals surface area contributed by atoms with E-state index in [0.717, 1.165) is 38.2 Å². The van der Waals surface area contributed by atoms with Crippen LogP contribution in [0.3, 0.4) is 0 Å². The Morgan fingerprint density at radius 1 is 1.47 bits per heavy atom. The maximum absolute atomic E-state index is 9.94. The van der Waals surface area contributed by atoms with Crippen LogP contribution in [0, 0.1) is 5.92 Å². The maximum atomic E-state index is 9.94. The van der Waals surface area contributed by atoms with Crippen molar-refractivity contribution in [3.05, 3.63) is 24.3 Å². The minimum atomic E-state index is -0.462. The van der Waals surface area contributed by atoms with Crippen LogP contribution in [0.2, 0.25) is 0 Å². The summed E-state index contributed by atoms with van der Waals surface area (Å²) < 4.78 is 5.28. The fraction of sp³-hybridized carbons (Fsp3) is 0.636. The minimum Gasteiger partial charge on any atom is -0.387 e. The molecule has 0 aliphatic carbocycles. The molecule has 0 spiro atoms. The van der Waals surface area contributed by atoms with Crippen LogP contribution >= 0.6 is 0 Å². The van der Waals surface area contributed by atoms with Gasteiger partial charge in [0.15, 0.2) is 0 Å². The van der Waals surface area contributed by atoms with Crippen molar-refractivity contribution in [2.24, 2.45) is 5.92 Å². The molecule has 15 heavy (non-hydrogen) atoms. The van der Waals surface area contributed by atoms with E-state index in [4.69, 9.17) is 4.74 Å². The Kier molecular flexibility index (Phi) is 3.64. The van der Waals surface area contributed by atoms with Crippen LogP contribution in [0.15, 0.2) is 18.6 Å². The molecule has 1 aromatic rings. The van der Waals surface area contributed by atoms with E-state index in [2.05, 4.69) is 9.97 Å². The molecule has 1 saturated heterocycles. The summed E-state index contributed by atoms with van der Waals surface area (Å²) in [5.74, 6) is 0.559. The molecule has 0 saturated carbocycles. The highest BCUT2D eigenvalue weighted by Crippen LogP contribution is 2.26. The van der Waals surface area contributed by atoms with Gasteiger partial charge in [-0.1, -0.05) is 0 Å². The van der Waals surface area contributed by atoms with E-state index in [-0.39, 0.29) is 0 Å². The molecule has 1 atom stereocenters. The van der Waals surface area contributed by atoms with Gasteiger partial charge in [-0.2, -0.15) is 0 Å². The Labute approximate surface area is 89.3 Å². The van der Waals surface area contributed by atoms with E-state index < -0.39 is 6.10 Å². The van der Waals surface area contributed by atoms with Gasteiger partial charge in [-0.15, -0.1) is 0 Å². The third-order valence-corrected chi connectivity index (χ3v) is 2.84. The van der Waals surface area contributed by atoms with E-state index >= 15 is 0 Å². The lowest BCUT2D eigenvalue weighted by atomic mass is 9.92. The highest BCUT2D eigenvalue weighted by atomic mass is 16.5. The molecule has 1 fully saturated rings. The van der Waals surface area contributed by atoms with Crippen LogP contribution in [0.4, 0.5) is 0 Å². The van der Waals surface area contributed by atoms with Crippen molar-refractivity contribution in [1.82, 2.24) is 9.97 Å². The molecule has 82 valence electrons. The predicted molar refractivity (Wildman–Crippen MR) is 55.2 cm³/mol. The first-order valence-corrected chi connectivity index (χ1v) is 5.38. The molecule has 4 nitrogen and oxygen atoms in total. The third-order valence-electron chi connectivity index (χ3n) is 2.84. The van der Waals surface area contributed by atoms with E-state index in [1.54, 1.807) is 12.3 Å². The van der Waals surface area contributed by atoms with Crippen molar-refractivity contribution in [1.29, 1.82) is 0 Å². The van der Waals surface area contributed by atoms with Gasteiger partial charge in [-0.3, -0.25) is 0 Å². The average molecular weight is 208 g/mol. The molecule has 0 radical (unpaired) electrons. The highest BCUT2D eigenvalue weighted by Gasteiger charge is 2.19.